The van der Waals surface area contributed by atoms with Crippen molar-refractivity contribution in [3.8, 4) is 6.07 Å². The van der Waals surface area contributed by atoms with Crippen molar-refractivity contribution in [2.75, 3.05) is 5.32 Å². The predicted octanol–water partition coefficient (Wildman–Crippen LogP) is 4.09. The van der Waals surface area contributed by atoms with Gasteiger partial charge in [0.15, 0.2) is 0 Å². The fourth-order valence-corrected chi connectivity index (χ4v) is 2.02. The minimum Gasteiger partial charge on any atom is -0.467 e. The monoisotopic (exact) mass is 369 g/mol. The highest BCUT2D eigenvalue weighted by molar-refractivity contribution is 6.30. The van der Waals surface area contributed by atoms with Crippen LogP contribution in [0.4, 0.5) is 18.9 Å². The fourth-order valence-electron chi connectivity index (χ4n) is 1.85. The summed E-state index contributed by atoms with van der Waals surface area (Å²) >= 11 is 5.58. The summed E-state index contributed by atoms with van der Waals surface area (Å²) in [5, 5.41) is 13.7. The van der Waals surface area contributed by atoms with Crippen LogP contribution in [0, 0.1) is 11.3 Å². The summed E-state index contributed by atoms with van der Waals surface area (Å²) in [6.07, 6.45) is -2.32. The summed E-state index contributed by atoms with van der Waals surface area (Å²) in [4.78, 5) is 11.9. The van der Waals surface area contributed by atoms with Crippen LogP contribution in [0.5, 0.6) is 0 Å². The van der Waals surface area contributed by atoms with E-state index >= 15 is 0 Å². The van der Waals surface area contributed by atoms with Crippen molar-refractivity contribution >= 4 is 23.2 Å². The molecule has 130 valence electrons. The number of carbonyl (C=O) groups is 1. The Bertz CT molecular complexity index is 824. The van der Waals surface area contributed by atoms with Crippen LogP contribution in [-0.2, 0) is 17.5 Å². The Kier molecular flexibility index (Phi) is 5.72. The van der Waals surface area contributed by atoms with E-state index in [1.165, 1.54) is 12.3 Å². The number of rotatable bonds is 5. The number of nitrogens with zero attached hydrogens (tertiary/aromatic N) is 1. The van der Waals surface area contributed by atoms with E-state index in [4.69, 9.17) is 21.3 Å². The van der Waals surface area contributed by atoms with Gasteiger partial charge in [-0.25, -0.2) is 0 Å². The maximum absolute atomic E-state index is 13.0. The van der Waals surface area contributed by atoms with E-state index in [1.54, 1.807) is 18.2 Å². The summed E-state index contributed by atoms with van der Waals surface area (Å²) < 4.78 is 44.0. The van der Waals surface area contributed by atoms with Crippen LogP contribution in [0.3, 0.4) is 0 Å². The summed E-state index contributed by atoms with van der Waals surface area (Å²) in [6, 6.07) is 7.99. The molecule has 1 aromatic heterocycles. The molecule has 9 heteroatoms. The number of amides is 1. The molecule has 2 rings (SSSR count). The summed E-state index contributed by atoms with van der Waals surface area (Å²) in [6.45, 7) is 0.0413. The molecular formula is C16H11ClF3N3O2. The van der Waals surface area contributed by atoms with Gasteiger partial charge >= 0.3 is 6.18 Å². The average Bonchev–Trinajstić information content (AvgIpc) is 3.07. The lowest BCUT2D eigenvalue weighted by atomic mass is 10.1. The van der Waals surface area contributed by atoms with Gasteiger partial charge in [-0.05, 0) is 30.3 Å². The molecule has 1 amide bonds. The standard InChI is InChI=1S/C16H11ClF3N3O2/c17-11-3-4-14(13(6-11)16(18,19)20)22-8-10(7-21)15(24)23-9-12-2-1-5-25-12/h1-6,8,22H,9H2,(H,23,24)/b10-8-. The van der Waals surface area contributed by atoms with Crippen LogP contribution >= 0.6 is 11.6 Å². The van der Waals surface area contributed by atoms with Crippen LogP contribution in [0.15, 0.2) is 52.8 Å². The normalized spacial score (nSPS) is 11.7. The predicted molar refractivity (Wildman–Crippen MR) is 84.3 cm³/mol. The van der Waals surface area contributed by atoms with Gasteiger partial charge in [-0.2, -0.15) is 18.4 Å². The first kappa shape index (κ1) is 18.4. The van der Waals surface area contributed by atoms with Crippen molar-refractivity contribution in [2.24, 2.45) is 0 Å². The van der Waals surface area contributed by atoms with Gasteiger partial charge in [0.1, 0.15) is 17.4 Å². The molecule has 2 N–H and O–H groups in total. The molecule has 0 bridgehead atoms. The maximum Gasteiger partial charge on any atom is 0.418 e. The third-order valence-electron chi connectivity index (χ3n) is 3.03. The van der Waals surface area contributed by atoms with Gasteiger partial charge in [-0.3, -0.25) is 4.79 Å². The molecule has 0 fully saturated rings. The molecule has 1 aromatic carbocycles. The van der Waals surface area contributed by atoms with Crippen LogP contribution in [0.1, 0.15) is 11.3 Å². The molecule has 0 unspecified atom stereocenters. The minimum atomic E-state index is -4.64. The summed E-state index contributed by atoms with van der Waals surface area (Å²) in [7, 11) is 0. The molecule has 0 saturated carbocycles. The molecule has 1 heterocycles. The zero-order valence-electron chi connectivity index (χ0n) is 12.5. The van der Waals surface area contributed by atoms with E-state index in [2.05, 4.69) is 10.6 Å². The Hall–Kier alpha value is -2.92. The first-order valence-corrected chi connectivity index (χ1v) is 7.23. The molecule has 0 aliphatic carbocycles. The van der Waals surface area contributed by atoms with Gasteiger partial charge in [0.25, 0.3) is 5.91 Å². The topological polar surface area (TPSA) is 78.1 Å². The van der Waals surface area contributed by atoms with Crippen molar-refractivity contribution in [1.82, 2.24) is 5.32 Å². The number of alkyl halides is 3. The second-order valence-electron chi connectivity index (χ2n) is 4.76. The van der Waals surface area contributed by atoms with Gasteiger partial charge < -0.3 is 15.1 Å². The van der Waals surface area contributed by atoms with Gasteiger partial charge in [-0.15, -0.1) is 0 Å². The lowest BCUT2D eigenvalue weighted by Gasteiger charge is -2.13. The average molecular weight is 370 g/mol. The van der Waals surface area contributed by atoms with Gasteiger partial charge in [0, 0.05) is 11.2 Å². The van der Waals surface area contributed by atoms with Crippen LogP contribution in [0.25, 0.3) is 0 Å². The van der Waals surface area contributed by atoms with Crippen LogP contribution < -0.4 is 10.6 Å². The lowest BCUT2D eigenvalue weighted by molar-refractivity contribution is -0.136. The molecule has 0 spiro atoms. The van der Waals surface area contributed by atoms with Crippen molar-refractivity contribution in [3.05, 3.63) is 64.7 Å². The second-order valence-corrected chi connectivity index (χ2v) is 5.20. The SMILES string of the molecule is N#C/C(=C/Nc1ccc(Cl)cc1C(F)(F)F)C(=O)NCc1ccco1. The van der Waals surface area contributed by atoms with Crippen molar-refractivity contribution < 1.29 is 22.4 Å². The highest BCUT2D eigenvalue weighted by Crippen LogP contribution is 2.36. The fraction of sp³-hybridized carbons (Fsp3) is 0.125. The van der Waals surface area contributed by atoms with Crippen LogP contribution in [0.2, 0.25) is 5.02 Å². The van der Waals surface area contributed by atoms with Crippen molar-refractivity contribution in [2.45, 2.75) is 12.7 Å². The number of benzene rings is 1. The number of carbonyl (C=O) groups excluding carboxylic acids is 1. The molecular weight excluding hydrogens is 359 g/mol. The Morgan fingerprint density at radius 1 is 1.36 bits per heavy atom. The smallest absolute Gasteiger partial charge is 0.418 e. The first-order chi connectivity index (χ1) is 11.8. The Morgan fingerprint density at radius 2 is 2.12 bits per heavy atom. The molecule has 5 nitrogen and oxygen atoms in total. The summed E-state index contributed by atoms with van der Waals surface area (Å²) in [5.74, 6) is -0.287. The zero-order chi connectivity index (χ0) is 18.4. The molecule has 0 radical (unpaired) electrons. The van der Waals surface area contributed by atoms with Gasteiger partial charge in [0.05, 0.1) is 24.1 Å². The Labute approximate surface area is 145 Å². The van der Waals surface area contributed by atoms with E-state index < -0.39 is 23.2 Å². The number of anilines is 1. The number of nitrogens with one attached hydrogen (secondary N) is 2. The van der Waals surface area contributed by atoms with E-state index in [1.807, 2.05) is 0 Å². The van der Waals surface area contributed by atoms with Gasteiger partial charge in [0.2, 0.25) is 0 Å². The van der Waals surface area contributed by atoms with Crippen LogP contribution in [-0.4, -0.2) is 5.91 Å². The molecule has 0 saturated heterocycles. The van der Waals surface area contributed by atoms with Gasteiger partial charge in [-0.1, -0.05) is 11.6 Å². The number of hydrogen-bond acceptors (Lipinski definition) is 4. The number of nitriles is 1. The Morgan fingerprint density at radius 3 is 2.72 bits per heavy atom. The third-order valence-corrected chi connectivity index (χ3v) is 3.26. The summed E-state index contributed by atoms with van der Waals surface area (Å²) in [5.41, 5.74) is -1.73. The Balaban J connectivity index is 2.13. The number of halogens is 4. The second kappa shape index (κ2) is 7.77. The number of hydrogen-bond donors (Lipinski definition) is 2. The zero-order valence-corrected chi connectivity index (χ0v) is 13.3. The van der Waals surface area contributed by atoms with E-state index in [0.29, 0.717) is 5.76 Å². The van der Waals surface area contributed by atoms with Crippen molar-refractivity contribution in [3.63, 3.8) is 0 Å². The highest BCUT2D eigenvalue weighted by atomic mass is 35.5. The maximum atomic E-state index is 13.0. The third kappa shape index (κ3) is 5.02. The lowest BCUT2D eigenvalue weighted by Crippen LogP contribution is -2.24. The molecule has 0 atom stereocenters. The number of furan rings is 1. The quantitative estimate of drug-likeness (QED) is 0.614. The largest absolute Gasteiger partial charge is 0.467 e. The minimum absolute atomic E-state index is 0.0413. The molecule has 2 aromatic rings. The van der Waals surface area contributed by atoms with Crippen molar-refractivity contribution in [1.29, 1.82) is 5.26 Å². The molecule has 0 aliphatic rings. The van der Waals surface area contributed by atoms with E-state index in [-0.39, 0.29) is 17.3 Å². The first-order valence-electron chi connectivity index (χ1n) is 6.85. The molecule has 0 aliphatic heterocycles. The van der Waals surface area contributed by atoms with E-state index in [0.717, 1.165) is 18.3 Å². The molecule has 25 heavy (non-hydrogen) atoms. The highest BCUT2D eigenvalue weighted by Gasteiger charge is 2.33. The van der Waals surface area contributed by atoms with E-state index in [9.17, 15) is 18.0 Å².